The van der Waals surface area contributed by atoms with Crippen molar-refractivity contribution in [1.82, 2.24) is 29.9 Å². The third kappa shape index (κ3) is 7.12. The standard InChI is InChI=1S/C24H18FN3O2.C23H15F2N3O/c1-15-3-7-18(8-4-15)28-22(11-12-26-28)16-5-9-21-19(13-16)24(30-27-21)17-6-10-23(29-2)20(25)14-17;1-14-2-6-17(7-3-14)28-22(10-11-26-28)15-5-9-21-18(12-15)23(29-27-21)16-4-8-19(24)20(25)13-16/h3-14H,1-2H3;2-13H,1H3. The Hall–Kier alpha value is -7.73. The van der Waals surface area contributed by atoms with Crippen LogP contribution in [0.3, 0.4) is 0 Å². The van der Waals surface area contributed by atoms with E-state index in [-0.39, 0.29) is 5.75 Å². The fourth-order valence-electron chi connectivity index (χ4n) is 6.89. The predicted molar refractivity (Wildman–Crippen MR) is 220 cm³/mol. The van der Waals surface area contributed by atoms with E-state index < -0.39 is 17.5 Å². The first kappa shape index (κ1) is 36.9. The molecule has 9 nitrogen and oxygen atoms in total. The van der Waals surface area contributed by atoms with Gasteiger partial charge in [-0.05, 0) is 111 Å². The summed E-state index contributed by atoms with van der Waals surface area (Å²) in [5.41, 5.74) is 10.3. The summed E-state index contributed by atoms with van der Waals surface area (Å²) in [4.78, 5) is 0. The van der Waals surface area contributed by atoms with Crippen LogP contribution in [-0.4, -0.2) is 37.0 Å². The molecule has 0 unspecified atom stereocenters. The van der Waals surface area contributed by atoms with Crippen molar-refractivity contribution in [3.63, 3.8) is 0 Å². The van der Waals surface area contributed by atoms with Gasteiger partial charge in [-0.2, -0.15) is 10.2 Å². The Bertz CT molecular complexity index is 3110. The number of rotatable bonds is 7. The molecule has 10 aromatic rings. The van der Waals surface area contributed by atoms with E-state index in [1.54, 1.807) is 24.5 Å². The highest BCUT2D eigenvalue weighted by atomic mass is 19.2. The molecule has 0 bridgehead atoms. The van der Waals surface area contributed by atoms with E-state index in [9.17, 15) is 13.2 Å². The molecule has 0 amide bonds. The molecule has 4 aromatic heterocycles. The lowest BCUT2D eigenvalue weighted by atomic mass is 10.0. The van der Waals surface area contributed by atoms with Crippen LogP contribution in [0.25, 0.3) is 78.3 Å². The highest BCUT2D eigenvalue weighted by Gasteiger charge is 2.18. The highest BCUT2D eigenvalue weighted by molar-refractivity contribution is 5.95. The van der Waals surface area contributed by atoms with Crippen molar-refractivity contribution in [3.05, 3.63) is 174 Å². The summed E-state index contributed by atoms with van der Waals surface area (Å²) in [6.07, 6.45) is 3.51. The predicted octanol–water partition coefficient (Wildman–Crippen LogP) is 11.7. The maximum absolute atomic E-state index is 14.2. The third-order valence-electron chi connectivity index (χ3n) is 9.98. The van der Waals surface area contributed by atoms with Gasteiger partial charge in [0.05, 0.1) is 53.0 Å². The Morgan fingerprint density at radius 3 is 1.39 bits per heavy atom. The van der Waals surface area contributed by atoms with E-state index in [1.807, 2.05) is 101 Å². The molecule has 0 atom stereocenters. The minimum absolute atomic E-state index is 0.185. The van der Waals surface area contributed by atoms with Crippen molar-refractivity contribution in [2.45, 2.75) is 13.8 Å². The molecule has 10 rings (SSSR count). The van der Waals surface area contributed by atoms with Gasteiger partial charge in [-0.3, -0.25) is 0 Å². The summed E-state index contributed by atoms with van der Waals surface area (Å²) >= 11 is 0. The van der Waals surface area contributed by atoms with Crippen molar-refractivity contribution >= 4 is 21.8 Å². The molecule has 12 heteroatoms. The quantitative estimate of drug-likeness (QED) is 0.159. The van der Waals surface area contributed by atoms with Crippen LogP contribution in [0.5, 0.6) is 5.75 Å². The Labute approximate surface area is 335 Å². The van der Waals surface area contributed by atoms with Gasteiger partial charge in [0.2, 0.25) is 0 Å². The molecule has 6 aromatic carbocycles. The molecule has 0 radical (unpaired) electrons. The average Bonchev–Trinajstić information content (AvgIpc) is 4.09. The summed E-state index contributed by atoms with van der Waals surface area (Å²) < 4.78 is 60.9. The molecule has 0 saturated heterocycles. The van der Waals surface area contributed by atoms with Gasteiger partial charge >= 0.3 is 0 Å². The Morgan fingerprint density at radius 1 is 0.475 bits per heavy atom. The molecule has 0 spiro atoms. The minimum Gasteiger partial charge on any atom is -0.494 e. The normalized spacial score (nSPS) is 11.2. The van der Waals surface area contributed by atoms with Crippen LogP contribution in [0.2, 0.25) is 0 Å². The molecule has 59 heavy (non-hydrogen) atoms. The molecule has 4 heterocycles. The summed E-state index contributed by atoms with van der Waals surface area (Å²) in [5.74, 6) is -1.20. The SMILES string of the molecule is COc1ccc(-c2onc3ccc(-c4ccnn4-c4ccc(C)cc4)cc23)cc1F.Cc1ccc(-n2nccc2-c2ccc3noc(-c4ccc(F)c(F)c4)c3c2)cc1. The van der Waals surface area contributed by atoms with Gasteiger partial charge in [-0.1, -0.05) is 57.8 Å². The van der Waals surface area contributed by atoms with Crippen molar-refractivity contribution < 1.29 is 27.0 Å². The number of halogens is 3. The number of fused-ring (bicyclic) bond motifs is 2. The number of benzene rings is 6. The summed E-state index contributed by atoms with van der Waals surface area (Å²) in [6.45, 7) is 4.09. The van der Waals surface area contributed by atoms with Crippen LogP contribution in [0, 0.1) is 31.3 Å². The smallest absolute Gasteiger partial charge is 0.174 e. The monoisotopic (exact) mass is 786 g/mol. The van der Waals surface area contributed by atoms with Crippen LogP contribution in [-0.2, 0) is 0 Å². The maximum Gasteiger partial charge on any atom is 0.174 e. The topological polar surface area (TPSA) is 96.9 Å². The van der Waals surface area contributed by atoms with Crippen LogP contribution in [0.4, 0.5) is 13.2 Å². The summed E-state index contributed by atoms with van der Waals surface area (Å²) in [5, 5.41) is 18.6. The second-order valence-electron chi connectivity index (χ2n) is 13.9. The van der Waals surface area contributed by atoms with Gasteiger partial charge in [-0.25, -0.2) is 22.5 Å². The molecular formula is C47H33F3N6O3. The Balaban J connectivity index is 0.000000152. The van der Waals surface area contributed by atoms with Gasteiger partial charge in [-0.15, -0.1) is 0 Å². The van der Waals surface area contributed by atoms with Gasteiger partial charge in [0.15, 0.2) is 34.7 Å². The van der Waals surface area contributed by atoms with E-state index in [0.717, 1.165) is 51.4 Å². The molecule has 0 aliphatic carbocycles. The number of hydrogen-bond donors (Lipinski definition) is 0. The molecule has 290 valence electrons. The zero-order valence-electron chi connectivity index (χ0n) is 31.9. The van der Waals surface area contributed by atoms with E-state index in [4.69, 9.17) is 13.8 Å². The molecule has 0 fully saturated rings. The van der Waals surface area contributed by atoms with E-state index >= 15 is 0 Å². The zero-order valence-corrected chi connectivity index (χ0v) is 31.9. The Kier molecular flexibility index (Phi) is 9.57. The van der Waals surface area contributed by atoms with Crippen molar-refractivity contribution in [2.24, 2.45) is 0 Å². The van der Waals surface area contributed by atoms with E-state index in [2.05, 4.69) is 39.6 Å². The van der Waals surface area contributed by atoms with Crippen LogP contribution >= 0.6 is 0 Å². The van der Waals surface area contributed by atoms with Crippen LogP contribution < -0.4 is 4.74 Å². The lowest BCUT2D eigenvalue weighted by molar-refractivity contribution is 0.386. The fourth-order valence-corrected chi connectivity index (χ4v) is 6.89. The van der Waals surface area contributed by atoms with Gasteiger partial charge in [0.25, 0.3) is 0 Å². The highest BCUT2D eigenvalue weighted by Crippen LogP contribution is 2.36. The molecular weight excluding hydrogens is 754 g/mol. The first-order chi connectivity index (χ1) is 28.7. The van der Waals surface area contributed by atoms with Gasteiger partial charge in [0.1, 0.15) is 11.0 Å². The summed E-state index contributed by atoms with van der Waals surface area (Å²) in [7, 11) is 1.44. The van der Waals surface area contributed by atoms with E-state index in [1.165, 1.54) is 30.4 Å². The number of hydrogen-bond acceptors (Lipinski definition) is 7. The van der Waals surface area contributed by atoms with Crippen LogP contribution in [0.15, 0.2) is 155 Å². The number of nitrogens with zero attached hydrogens (tertiary/aromatic N) is 6. The summed E-state index contributed by atoms with van der Waals surface area (Å²) in [6, 6.07) is 40.1. The maximum atomic E-state index is 14.2. The van der Waals surface area contributed by atoms with Crippen molar-refractivity contribution in [3.8, 4) is 62.3 Å². The number of methoxy groups -OCH3 is 1. The third-order valence-corrected chi connectivity index (χ3v) is 9.98. The lowest BCUT2D eigenvalue weighted by Gasteiger charge is -2.08. The van der Waals surface area contributed by atoms with E-state index in [0.29, 0.717) is 39.1 Å². The van der Waals surface area contributed by atoms with Crippen molar-refractivity contribution in [2.75, 3.05) is 7.11 Å². The number of aryl methyl sites for hydroxylation is 2. The molecule has 0 saturated carbocycles. The first-order valence-corrected chi connectivity index (χ1v) is 18.5. The number of ether oxygens (including phenoxy) is 1. The van der Waals surface area contributed by atoms with Crippen molar-refractivity contribution in [1.29, 1.82) is 0 Å². The molecule has 0 aliphatic rings. The van der Waals surface area contributed by atoms with Gasteiger partial charge < -0.3 is 13.8 Å². The number of aromatic nitrogens is 6. The van der Waals surface area contributed by atoms with Gasteiger partial charge in [0, 0.05) is 22.3 Å². The Morgan fingerprint density at radius 2 is 0.932 bits per heavy atom. The fraction of sp³-hybridized carbons (Fsp3) is 0.0638. The zero-order chi connectivity index (χ0) is 40.6. The second-order valence-corrected chi connectivity index (χ2v) is 13.9. The second kappa shape index (κ2) is 15.3. The molecule has 0 N–H and O–H groups in total. The largest absolute Gasteiger partial charge is 0.494 e. The van der Waals surface area contributed by atoms with Crippen LogP contribution in [0.1, 0.15) is 11.1 Å². The lowest BCUT2D eigenvalue weighted by Crippen LogP contribution is -1.98. The average molecular weight is 787 g/mol. The minimum atomic E-state index is -0.930. The first-order valence-electron chi connectivity index (χ1n) is 18.5. The molecule has 0 aliphatic heterocycles.